The van der Waals surface area contributed by atoms with Gasteiger partial charge in [-0.15, -0.1) is 0 Å². The molecule has 4 heteroatoms. The highest BCUT2D eigenvalue weighted by Crippen LogP contribution is 2.21. The number of nitrogens with one attached hydrogen (secondary N) is 1. The first-order chi connectivity index (χ1) is 6.67. The average molecular weight is 196 g/mol. The first-order valence-corrected chi connectivity index (χ1v) is 5.12. The predicted octanol–water partition coefficient (Wildman–Crippen LogP) is 1.36. The third-order valence-corrected chi connectivity index (χ3v) is 2.66. The second-order valence-electron chi connectivity index (χ2n) is 3.92. The zero-order valence-corrected chi connectivity index (χ0v) is 9.20. The molecule has 0 aliphatic rings. The number of hydrazine groups is 1. The molecule has 1 heterocycles. The minimum atomic E-state index is 0.221. The SMILES string of the molecule is CCC(C)CC(NN)c1cnn(C)c1. The largest absolute Gasteiger partial charge is 0.275 e. The van der Waals surface area contributed by atoms with E-state index in [0.29, 0.717) is 5.92 Å². The summed E-state index contributed by atoms with van der Waals surface area (Å²) in [5, 5.41) is 4.14. The minimum absolute atomic E-state index is 0.221. The Kier molecular flexibility index (Phi) is 4.10. The fourth-order valence-corrected chi connectivity index (χ4v) is 1.49. The van der Waals surface area contributed by atoms with Crippen LogP contribution in [-0.4, -0.2) is 9.78 Å². The van der Waals surface area contributed by atoms with Crippen molar-refractivity contribution in [3.63, 3.8) is 0 Å². The van der Waals surface area contributed by atoms with Gasteiger partial charge in [0.2, 0.25) is 0 Å². The van der Waals surface area contributed by atoms with E-state index in [4.69, 9.17) is 5.84 Å². The smallest absolute Gasteiger partial charge is 0.0538 e. The van der Waals surface area contributed by atoms with Gasteiger partial charge in [-0.05, 0) is 12.3 Å². The van der Waals surface area contributed by atoms with Crippen molar-refractivity contribution in [2.75, 3.05) is 0 Å². The first kappa shape index (κ1) is 11.2. The van der Waals surface area contributed by atoms with Crippen molar-refractivity contribution >= 4 is 0 Å². The maximum absolute atomic E-state index is 5.53. The molecule has 80 valence electrons. The minimum Gasteiger partial charge on any atom is -0.275 e. The van der Waals surface area contributed by atoms with Crippen molar-refractivity contribution in [2.45, 2.75) is 32.7 Å². The number of nitrogens with two attached hydrogens (primary N) is 1. The summed E-state index contributed by atoms with van der Waals surface area (Å²) in [5.74, 6) is 6.21. The quantitative estimate of drug-likeness (QED) is 0.552. The molecule has 0 aliphatic heterocycles. The van der Waals surface area contributed by atoms with Gasteiger partial charge in [0.15, 0.2) is 0 Å². The third kappa shape index (κ3) is 2.82. The Morgan fingerprint density at radius 3 is 2.79 bits per heavy atom. The van der Waals surface area contributed by atoms with E-state index in [-0.39, 0.29) is 6.04 Å². The molecule has 0 radical (unpaired) electrons. The van der Waals surface area contributed by atoms with Crippen LogP contribution in [-0.2, 0) is 7.05 Å². The molecule has 0 aromatic carbocycles. The lowest BCUT2D eigenvalue weighted by molar-refractivity contribution is 0.407. The van der Waals surface area contributed by atoms with Crippen LogP contribution >= 0.6 is 0 Å². The van der Waals surface area contributed by atoms with E-state index in [9.17, 15) is 0 Å². The molecule has 1 aromatic rings. The lowest BCUT2D eigenvalue weighted by atomic mass is 9.96. The summed E-state index contributed by atoms with van der Waals surface area (Å²) in [6, 6.07) is 0.221. The molecule has 1 aromatic heterocycles. The number of nitrogens with zero attached hydrogens (tertiary/aromatic N) is 2. The Morgan fingerprint density at radius 2 is 2.36 bits per heavy atom. The van der Waals surface area contributed by atoms with Gasteiger partial charge in [0.05, 0.1) is 6.20 Å². The zero-order valence-electron chi connectivity index (χ0n) is 9.20. The second-order valence-corrected chi connectivity index (χ2v) is 3.92. The molecule has 4 nitrogen and oxygen atoms in total. The highest BCUT2D eigenvalue weighted by molar-refractivity contribution is 5.09. The summed E-state index contributed by atoms with van der Waals surface area (Å²) in [7, 11) is 1.92. The topological polar surface area (TPSA) is 55.9 Å². The van der Waals surface area contributed by atoms with Crippen LogP contribution in [0, 0.1) is 5.92 Å². The van der Waals surface area contributed by atoms with Crippen molar-refractivity contribution in [3.8, 4) is 0 Å². The van der Waals surface area contributed by atoms with E-state index in [0.717, 1.165) is 12.0 Å². The van der Waals surface area contributed by atoms with Gasteiger partial charge >= 0.3 is 0 Å². The predicted molar refractivity (Wildman–Crippen MR) is 57.3 cm³/mol. The van der Waals surface area contributed by atoms with Crippen molar-refractivity contribution in [1.29, 1.82) is 0 Å². The van der Waals surface area contributed by atoms with Crippen molar-refractivity contribution in [3.05, 3.63) is 18.0 Å². The molecule has 3 N–H and O–H groups in total. The normalized spacial score (nSPS) is 15.4. The molecule has 0 aliphatic carbocycles. The molecule has 0 saturated carbocycles. The summed E-state index contributed by atoms with van der Waals surface area (Å²) in [6.45, 7) is 4.43. The van der Waals surface area contributed by atoms with Gasteiger partial charge in [0.25, 0.3) is 0 Å². The summed E-state index contributed by atoms with van der Waals surface area (Å²) in [5.41, 5.74) is 4.01. The fraction of sp³-hybridized carbons (Fsp3) is 0.700. The lowest BCUT2D eigenvalue weighted by Gasteiger charge is -2.17. The highest BCUT2D eigenvalue weighted by Gasteiger charge is 2.14. The van der Waals surface area contributed by atoms with Crippen LogP contribution in [0.1, 0.15) is 38.3 Å². The van der Waals surface area contributed by atoms with E-state index >= 15 is 0 Å². The highest BCUT2D eigenvalue weighted by atomic mass is 15.3. The van der Waals surface area contributed by atoms with Gasteiger partial charge in [-0.1, -0.05) is 20.3 Å². The summed E-state index contributed by atoms with van der Waals surface area (Å²) < 4.78 is 1.80. The van der Waals surface area contributed by atoms with E-state index in [1.54, 1.807) is 4.68 Å². The molecular formula is C10H20N4. The number of hydrogen-bond acceptors (Lipinski definition) is 3. The van der Waals surface area contributed by atoms with Crippen molar-refractivity contribution in [2.24, 2.45) is 18.8 Å². The van der Waals surface area contributed by atoms with Crippen LogP contribution in [0.25, 0.3) is 0 Å². The molecule has 0 fully saturated rings. The fourth-order valence-electron chi connectivity index (χ4n) is 1.49. The number of aryl methyl sites for hydroxylation is 1. The Morgan fingerprint density at radius 1 is 1.64 bits per heavy atom. The standard InChI is InChI=1S/C10H20N4/c1-4-8(2)5-10(13-11)9-6-12-14(3)7-9/h6-8,10,13H,4-5,11H2,1-3H3. The Labute approximate surface area is 85.5 Å². The van der Waals surface area contributed by atoms with Crippen LogP contribution in [0.5, 0.6) is 0 Å². The molecule has 0 amide bonds. The van der Waals surface area contributed by atoms with Gasteiger partial charge in [-0.3, -0.25) is 16.0 Å². The number of aromatic nitrogens is 2. The van der Waals surface area contributed by atoms with Crippen LogP contribution < -0.4 is 11.3 Å². The molecular weight excluding hydrogens is 176 g/mol. The lowest BCUT2D eigenvalue weighted by Crippen LogP contribution is -2.29. The third-order valence-electron chi connectivity index (χ3n) is 2.66. The monoisotopic (exact) mass is 196 g/mol. The van der Waals surface area contributed by atoms with Crippen LogP contribution in [0.3, 0.4) is 0 Å². The summed E-state index contributed by atoms with van der Waals surface area (Å²) in [6.07, 6.45) is 6.11. The summed E-state index contributed by atoms with van der Waals surface area (Å²) in [4.78, 5) is 0. The summed E-state index contributed by atoms with van der Waals surface area (Å²) >= 11 is 0. The Bertz CT molecular complexity index is 269. The second kappa shape index (κ2) is 5.12. The van der Waals surface area contributed by atoms with E-state index < -0.39 is 0 Å². The van der Waals surface area contributed by atoms with Crippen LogP contribution in [0.2, 0.25) is 0 Å². The zero-order chi connectivity index (χ0) is 10.6. The van der Waals surface area contributed by atoms with E-state index in [1.165, 1.54) is 6.42 Å². The maximum atomic E-state index is 5.53. The molecule has 1 rings (SSSR count). The molecule has 0 spiro atoms. The van der Waals surface area contributed by atoms with Gasteiger partial charge in [-0.2, -0.15) is 5.10 Å². The molecule has 14 heavy (non-hydrogen) atoms. The maximum Gasteiger partial charge on any atom is 0.0538 e. The first-order valence-electron chi connectivity index (χ1n) is 5.12. The molecule has 2 atom stereocenters. The van der Waals surface area contributed by atoms with Gasteiger partial charge in [0.1, 0.15) is 0 Å². The van der Waals surface area contributed by atoms with Crippen LogP contribution in [0.15, 0.2) is 12.4 Å². The van der Waals surface area contributed by atoms with Gasteiger partial charge < -0.3 is 0 Å². The number of hydrogen-bond donors (Lipinski definition) is 2. The van der Waals surface area contributed by atoms with Gasteiger partial charge in [-0.25, -0.2) is 0 Å². The van der Waals surface area contributed by atoms with Gasteiger partial charge in [0, 0.05) is 24.8 Å². The van der Waals surface area contributed by atoms with E-state index in [2.05, 4.69) is 24.4 Å². The molecule has 0 bridgehead atoms. The molecule has 0 saturated heterocycles. The molecule has 2 unspecified atom stereocenters. The van der Waals surface area contributed by atoms with Crippen molar-refractivity contribution in [1.82, 2.24) is 15.2 Å². The van der Waals surface area contributed by atoms with Crippen molar-refractivity contribution < 1.29 is 0 Å². The van der Waals surface area contributed by atoms with Crippen LogP contribution in [0.4, 0.5) is 0 Å². The number of rotatable bonds is 5. The Balaban J connectivity index is 2.62. The Hall–Kier alpha value is -0.870. The average Bonchev–Trinajstić information content (AvgIpc) is 2.60. The van der Waals surface area contributed by atoms with E-state index in [1.807, 2.05) is 19.4 Å².